The molecule has 1 atom stereocenters. The lowest BCUT2D eigenvalue weighted by Crippen LogP contribution is -2.57. The molecule has 0 radical (unpaired) electrons. The number of nitrogens with one attached hydrogen (secondary N) is 1. The predicted molar refractivity (Wildman–Crippen MR) is 95.3 cm³/mol. The Balaban J connectivity index is 0.000000480. The summed E-state index contributed by atoms with van der Waals surface area (Å²) in [6.07, 6.45) is -0.898. The van der Waals surface area contributed by atoms with Crippen LogP contribution in [0.4, 0.5) is 13.2 Å². The van der Waals surface area contributed by atoms with Gasteiger partial charge in [-0.05, 0) is 45.1 Å². The van der Waals surface area contributed by atoms with Crippen LogP contribution in [0.15, 0.2) is 24.5 Å². The van der Waals surface area contributed by atoms with Gasteiger partial charge in [-0.1, -0.05) is 0 Å². The van der Waals surface area contributed by atoms with E-state index in [1.807, 2.05) is 7.05 Å². The number of hydrogen-bond acceptors (Lipinski definition) is 6. The summed E-state index contributed by atoms with van der Waals surface area (Å²) in [5.74, 6) is -4.26. The lowest BCUT2D eigenvalue weighted by molar-refractivity contribution is -0.192. The molecular formula is C16H20F3N3O5S. The molecule has 2 rings (SSSR count). The fourth-order valence-corrected chi connectivity index (χ4v) is 2.81. The Labute approximate surface area is 164 Å². The van der Waals surface area contributed by atoms with Crippen LogP contribution in [-0.4, -0.2) is 75.0 Å². The molecule has 0 saturated carbocycles. The number of piperidine rings is 1. The molecule has 0 spiro atoms. The summed E-state index contributed by atoms with van der Waals surface area (Å²) >= 11 is 4.57. The number of amides is 1. The summed E-state index contributed by atoms with van der Waals surface area (Å²) in [5.41, 5.74) is 0.341. The number of alkyl halides is 3. The van der Waals surface area contributed by atoms with Crippen LogP contribution in [0.25, 0.3) is 0 Å². The van der Waals surface area contributed by atoms with E-state index < -0.39 is 34.8 Å². The average molecular weight is 423 g/mol. The van der Waals surface area contributed by atoms with E-state index in [0.717, 1.165) is 13.1 Å². The number of thiol groups is 1. The Morgan fingerprint density at radius 2 is 1.82 bits per heavy atom. The second-order valence-corrected chi connectivity index (χ2v) is 7.09. The van der Waals surface area contributed by atoms with Crippen LogP contribution in [0.3, 0.4) is 0 Å². The van der Waals surface area contributed by atoms with Gasteiger partial charge in [0, 0.05) is 17.1 Å². The maximum atomic E-state index is 12.1. The molecule has 1 aromatic rings. The number of rotatable bonds is 4. The Hall–Kier alpha value is -2.34. The average Bonchev–Trinajstić information content (AvgIpc) is 2.62. The van der Waals surface area contributed by atoms with Crippen LogP contribution in [0.1, 0.15) is 23.2 Å². The third-order valence-electron chi connectivity index (χ3n) is 4.08. The number of pyridine rings is 1. The minimum Gasteiger partial charge on any atom is -0.480 e. The Morgan fingerprint density at radius 3 is 2.21 bits per heavy atom. The predicted octanol–water partition coefficient (Wildman–Crippen LogP) is 1.29. The van der Waals surface area contributed by atoms with Gasteiger partial charge in [0.1, 0.15) is 6.04 Å². The lowest BCUT2D eigenvalue weighted by Gasteiger charge is -2.40. The van der Waals surface area contributed by atoms with E-state index in [1.54, 1.807) is 18.3 Å². The zero-order valence-electron chi connectivity index (χ0n) is 14.8. The molecule has 2 heterocycles. The van der Waals surface area contributed by atoms with Gasteiger partial charge in [0.25, 0.3) is 5.91 Å². The molecule has 0 aliphatic carbocycles. The molecule has 1 saturated heterocycles. The van der Waals surface area contributed by atoms with Gasteiger partial charge in [-0.15, -0.1) is 0 Å². The molecule has 156 valence electrons. The highest BCUT2D eigenvalue weighted by Gasteiger charge is 2.43. The molecule has 1 amide bonds. The fraction of sp³-hybridized carbons (Fsp3) is 0.500. The van der Waals surface area contributed by atoms with Gasteiger partial charge < -0.3 is 20.4 Å². The zero-order chi connectivity index (χ0) is 21.5. The Bertz CT molecular complexity index is 695. The smallest absolute Gasteiger partial charge is 0.480 e. The van der Waals surface area contributed by atoms with E-state index in [1.165, 1.54) is 6.20 Å². The van der Waals surface area contributed by atoms with Gasteiger partial charge in [-0.3, -0.25) is 9.78 Å². The van der Waals surface area contributed by atoms with E-state index in [0.29, 0.717) is 18.4 Å². The number of hydrogen-bond donors (Lipinski definition) is 4. The van der Waals surface area contributed by atoms with Crippen LogP contribution in [-0.2, 0) is 9.59 Å². The molecule has 0 bridgehead atoms. The van der Waals surface area contributed by atoms with E-state index in [-0.39, 0.29) is 0 Å². The summed E-state index contributed by atoms with van der Waals surface area (Å²) in [6.45, 7) is 1.52. The second kappa shape index (κ2) is 9.73. The van der Waals surface area contributed by atoms with Crippen molar-refractivity contribution in [2.24, 2.45) is 0 Å². The number of aliphatic carboxylic acids is 2. The second-order valence-electron chi connectivity index (χ2n) is 6.20. The van der Waals surface area contributed by atoms with Gasteiger partial charge in [0.05, 0.1) is 5.56 Å². The standard InChI is InChI=1S/C14H19N3O3S.C2HF3O2/c1-17-7-4-14(21,5-8-17)11(13(19)20)16-12(18)10-3-2-6-15-9-10;3-2(4,5)1(6)7/h2-3,6,9,11,21H,4-5,7-8H2,1H3,(H,16,18)(H,19,20);(H,6,7). The van der Waals surface area contributed by atoms with Gasteiger partial charge in [-0.2, -0.15) is 25.8 Å². The van der Waals surface area contributed by atoms with E-state index >= 15 is 0 Å². The highest BCUT2D eigenvalue weighted by atomic mass is 32.1. The number of carbonyl (C=O) groups excluding carboxylic acids is 1. The largest absolute Gasteiger partial charge is 0.490 e. The van der Waals surface area contributed by atoms with Gasteiger partial charge in [0.15, 0.2) is 0 Å². The summed E-state index contributed by atoms with van der Waals surface area (Å²) in [6, 6.07) is 2.21. The number of nitrogens with zero attached hydrogens (tertiary/aromatic N) is 2. The maximum Gasteiger partial charge on any atom is 0.490 e. The van der Waals surface area contributed by atoms with E-state index in [2.05, 4.69) is 27.8 Å². The third kappa shape index (κ3) is 7.00. The number of aromatic nitrogens is 1. The highest BCUT2D eigenvalue weighted by molar-refractivity contribution is 7.82. The molecule has 3 N–H and O–H groups in total. The molecule has 1 aliphatic heterocycles. The fourth-order valence-electron chi connectivity index (χ4n) is 2.43. The Kier molecular flexibility index (Phi) is 8.24. The molecule has 1 fully saturated rings. The molecular weight excluding hydrogens is 403 g/mol. The van der Waals surface area contributed by atoms with Gasteiger partial charge in [-0.25, -0.2) is 9.59 Å². The first-order chi connectivity index (χ1) is 12.9. The van der Waals surface area contributed by atoms with Crippen molar-refractivity contribution < 1.29 is 37.8 Å². The normalized spacial score (nSPS) is 17.6. The van der Waals surface area contributed by atoms with Gasteiger partial charge in [0.2, 0.25) is 0 Å². The molecule has 1 unspecified atom stereocenters. The first kappa shape index (κ1) is 23.7. The number of carboxylic acids is 2. The van der Waals surface area contributed by atoms with Gasteiger partial charge >= 0.3 is 18.1 Å². The molecule has 1 aliphatic rings. The quantitative estimate of drug-likeness (QED) is 0.539. The number of halogens is 3. The van der Waals surface area contributed by atoms with Crippen LogP contribution in [0.5, 0.6) is 0 Å². The molecule has 12 heteroatoms. The van der Waals surface area contributed by atoms with Crippen molar-refractivity contribution in [3.63, 3.8) is 0 Å². The Morgan fingerprint density at radius 1 is 1.29 bits per heavy atom. The van der Waals surface area contributed by atoms with Crippen molar-refractivity contribution in [1.82, 2.24) is 15.2 Å². The van der Waals surface area contributed by atoms with Crippen molar-refractivity contribution >= 4 is 30.5 Å². The first-order valence-electron chi connectivity index (χ1n) is 8.01. The van der Waals surface area contributed by atoms with Crippen molar-refractivity contribution in [3.05, 3.63) is 30.1 Å². The van der Waals surface area contributed by atoms with Crippen LogP contribution in [0.2, 0.25) is 0 Å². The van der Waals surface area contributed by atoms with E-state index in [9.17, 15) is 27.9 Å². The SMILES string of the molecule is CN1CCC(S)(C(NC(=O)c2cccnc2)C(=O)O)CC1.O=C(O)C(F)(F)F. The van der Waals surface area contributed by atoms with Crippen molar-refractivity contribution in [2.45, 2.75) is 29.8 Å². The highest BCUT2D eigenvalue weighted by Crippen LogP contribution is 2.32. The molecule has 8 nitrogen and oxygen atoms in total. The monoisotopic (exact) mass is 423 g/mol. The lowest BCUT2D eigenvalue weighted by atomic mass is 9.88. The van der Waals surface area contributed by atoms with Crippen molar-refractivity contribution in [1.29, 1.82) is 0 Å². The summed E-state index contributed by atoms with van der Waals surface area (Å²) in [7, 11) is 1.98. The minimum atomic E-state index is -5.08. The summed E-state index contributed by atoms with van der Waals surface area (Å²) in [4.78, 5) is 38.6. The third-order valence-corrected chi connectivity index (χ3v) is 4.78. The molecule has 1 aromatic heterocycles. The van der Waals surface area contributed by atoms with Crippen LogP contribution >= 0.6 is 12.6 Å². The maximum absolute atomic E-state index is 12.1. The number of carbonyl (C=O) groups is 3. The topological polar surface area (TPSA) is 120 Å². The van der Waals surface area contributed by atoms with E-state index in [4.69, 9.17) is 9.90 Å². The van der Waals surface area contributed by atoms with Crippen molar-refractivity contribution in [3.8, 4) is 0 Å². The number of carboxylic acid groups (broad SMARTS) is 2. The van der Waals surface area contributed by atoms with Crippen LogP contribution < -0.4 is 5.32 Å². The molecule has 28 heavy (non-hydrogen) atoms. The molecule has 0 aromatic carbocycles. The minimum absolute atomic E-state index is 0.341. The number of likely N-dealkylation sites (tertiary alicyclic amines) is 1. The first-order valence-corrected chi connectivity index (χ1v) is 8.46. The summed E-state index contributed by atoms with van der Waals surface area (Å²) < 4.78 is 31.0. The van der Waals surface area contributed by atoms with Crippen LogP contribution in [0, 0.1) is 0 Å². The van der Waals surface area contributed by atoms with Crippen molar-refractivity contribution in [2.75, 3.05) is 20.1 Å². The zero-order valence-corrected chi connectivity index (χ0v) is 15.7. The summed E-state index contributed by atoms with van der Waals surface area (Å²) in [5, 5.41) is 19.2.